The molecule has 3 N–H and O–H groups in total. The third-order valence-corrected chi connectivity index (χ3v) is 5.72. The minimum atomic E-state index is -1.27. The largest absolute Gasteiger partial charge is 0.467 e. The van der Waals surface area contributed by atoms with Crippen LogP contribution in [0.4, 0.5) is 5.69 Å². The lowest BCUT2D eigenvalue weighted by atomic mass is 10.0. The first kappa shape index (κ1) is 19.3. The fraction of sp³-hybridized carbons (Fsp3) is 0.350. The first-order valence-corrected chi connectivity index (χ1v) is 9.13. The van der Waals surface area contributed by atoms with E-state index in [4.69, 9.17) is 10.5 Å². The van der Waals surface area contributed by atoms with Gasteiger partial charge >= 0.3 is 5.97 Å². The van der Waals surface area contributed by atoms with Crippen molar-refractivity contribution < 1.29 is 14.6 Å². The molecule has 0 aliphatic rings. The summed E-state index contributed by atoms with van der Waals surface area (Å²) in [7, 11) is 1.28. The minimum Gasteiger partial charge on any atom is -0.467 e. The molecule has 0 aromatic heterocycles. The molecule has 0 saturated carbocycles. The zero-order chi connectivity index (χ0) is 18.6. The standard InChI is InChI=1S/C20H25NO3S/c1-5-14-6-8-15(9-7-14)19(18(22)20(23)24-4)25-17-11-13(3)12(2)10-16(17)21/h6-11,18-19,22H,5,21H2,1-4H3/t18-,19+/m0/s1. The van der Waals surface area contributed by atoms with Crippen LogP contribution in [-0.2, 0) is 16.0 Å². The number of anilines is 1. The van der Waals surface area contributed by atoms with Crippen LogP contribution in [-0.4, -0.2) is 24.3 Å². The number of hydrogen-bond acceptors (Lipinski definition) is 5. The SMILES string of the molecule is CCc1ccc([C@@H](Sc2cc(C)c(C)cc2N)[C@H](O)C(=O)OC)cc1. The van der Waals surface area contributed by atoms with Crippen LogP contribution in [0, 0.1) is 13.8 Å². The third kappa shape index (κ3) is 4.55. The van der Waals surface area contributed by atoms with Gasteiger partial charge in [0.25, 0.3) is 0 Å². The molecule has 5 heteroatoms. The molecule has 0 unspecified atom stereocenters. The quantitative estimate of drug-likeness (QED) is 0.466. The van der Waals surface area contributed by atoms with Gasteiger partial charge in [-0.2, -0.15) is 0 Å². The van der Waals surface area contributed by atoms with Crippen molar-refractivity contribution in [2.75, 3.05) is 12.8 Å². The van der Waals surface area contributed by atoms with Crippen LogP contribution >= 0.6 is 11.8 Å². The maximum Gasteiger partial charge on any atom is 0.336 e. The molecule has 25 heavy (non-hydrogen) atoms. The van der Waals surface area contributed by atoms with E-state index in [0.29, 0.717) is 5.69 Å². The predicted molar refractivity (Wildman–Crippen MR) is 103 cm³/mol. The summed E-state index contributed by atoms with van der Waals surface area (Å²) in [5.41, 5.74) is 11.1. The molecule has 4 nitrogen and oxygen atoms in total. The molecule has 0 spiro atoms. The topological polar surface area (TPSA) is 72.5 Å². The van der Waals surface area contributed by atoms with Gasteiger partial charge in [0.05, 0.1) is 12.4 Å². The smallest absolute Gasteiger partial charge is 0.336 e. The minimum absolute atomic E-state index is 0.497. The van der Waals surface area contributed by atoms with Gasteiger partial charge in [0.15, 0.2) is 6.10 Å². The van der Waals surface area contributed by atoms with Crippen LogP contribution in [0.2, 0.25) is 0 Å². The highest BCUT2D eigenvalue weighted by Gasteiger charge is 2.30. The van der Waals surface area contributed by atoms with E-state index in [9.17, 15) is 9.90 Å². The van der Waals surface area contributed by atoms with E-state index in [0.717, 1.165) is 28.0 Å². The number of benzene rings is 2. The number of ether oxygens (including phenoxy) is 1. The number of nitrogen functional groups attached to an aromatic ring is 1. The van der Waals surface area contributed by atoms with Gasteiger partial charge in [-0.05, 0) is 54.7 Å². The number of carbonyl (C=O) groups excluding carboxylic acids is 1. The molecular formula is C20H25NO3S. The second-order valence-corrected chi connectivity index (χ2v) is 7.26. The monoisotopic (exact) mass is 359 g/mol. The number of thioether (sulfide) groups is 1. The number of rotatable bonds is 6. The molecule has 0 fully saturated rings. The maximum atomic E-state index is 11.9. The molecule has 134 valence electrons. The van der Waals surface area contributed by atoms with Crippen LogP contribution in [0.1, 0.15) is 34.4 Å². The molecule has 0 heterocycles. The number of methoxy groups -OCH3 is 1. The second kappa shape index (κ2) is 8.41. The Bertz CT molecular complexity index is 743. The first-order valence-electron chi connectivity index (χ1n) is 8.25. The van der Waals surface area contributed by atoms with Gasteiger partial charge in [-0.1, -0.05) is 31.2 Å². The van der Waals surface area contributed by atoms with Crippen LogP contribution in [0.5, 0.6) is 0 Å². The molecule has 2 aromatic carbocycles. The van der Waals surface area contributed by atoms with Gasteiger partial charge in [-0.3, -0.25) is 0 Å². The number of aliphatic hydroxyl groups is 1. The lowest BCUT2D eigenvalue weighted by Gasteiger charge is -2.22. The van der Waals surface area contributed by atoms with Gasteiger partial charge in [-0.25, -0.2) is 4.79 Å². The average molecular weight is 359 g/mol. The maximum absolute atomic E-state index is 11.9. The molecule has 0 aliphatic heterocycles. The molecule has 0 bridgehead atoms. The lowest BCUT2D eigenvalue weighted by molar-refractivity contribution is -0.150. The number of carbonyl (C=O) groups is 1. The van der Waals surface area contributed by atoms with Crippen molar-refractivity contribution in [1.82, 2.24) is 0 Å². The lowest BCUT2D eigenvalue weighted by Crippen LogP contribution is -2.27. The van der Waals surface area contributed by atoms with Gasteiger partial charge in [-0.15, -0.1) is 11.8 Å². The molecule has 2 aromatic rings. The van der Waals surface area contributed by atoms with E-state index in [2.05, 4.69) is 6.92 Å². The molecular weight excluding hydrogens is 334 g/mol. The molecule has 2 atom stereocenters. The first-order chi connectivity index (χ1) is 11.9. The number of hydrogen-bond donors (Lipinski definition) is 2. The summed E-state index contributed by atoms with van der Waals surface area (Å²) in [6, 6.07) is 11.8. The summed E-state index contributed by atoms with van der Waals surface area (Å²) < 4.78 is 4.74. The van der Waals surface area contributed by atoms with Crippen LogP contribution in [0.25, 0.3) is 0 Å². The van der Waals surface area contributed by atoms with Crippen molar-refractivity contribution in [3.8, 4) is 0 Å². The van der Waals surface area contributed by atoms with Crippen molar-refractivity contribution in [1.29, 1.82) is 0 Å². The molecule has 0 saturated heterocycles. The Morgan fingerprint density at radius 2 is 1.80 bits per heavy atom. The third-order valence-electron chi connectivity index (χ3n) is 4.33. The van der Waals surface area contributed by atoms with Gasteiger partial charge in [0, 0.05) is 10.6 Å². The highest BCUT2D eigenvalue weighted by molar-refractivity contribution is 7.99. The van der Waals surface area contributed by atoms with Crippen LogP contribution in [0.3, 0.4) is 0 Å². The summed E-state index contributed by atoms with van der Waals surface area (Å²) in [5.74, 6) is -0.653. The summed E-state index contributed by atoms with van der Waals surface area (Å²) in [6.07, 6.45) is -0.342. The fourth-order valence-corrected chi connectivity index (χ4v) is 3.80. The van der Waals surface area contributed by atoms with E-state index in [1.54, 1.807) is 0 Å². The highest BCUT2D eigenvalue weighted by atomic mass is 32.2. The van der Waals surface area contributed by atoms with Crippen molar-refractivity contribution in [2.24, 2.45) is 0 Å². The van der Waals surface area contributed by atoms with Crippen LogP contribution in [0.15, 0.2) is 41.3 Å². The van der Waals surface area contributed by atoms with Gasteiger partial charge < -0.3 is 15.6 Å². The Morgan fingerprint density at radius 1 is 1.20 bits per heavy atom. The molecule has 0 aliphatic carbocycles. The molecule has 0 amide bonds. The number of esters is 1. The molecule has 0 radical (unpaired) electrons. The summed E-state index contributed by atoms with van der Waals surface area (Å²) in [6.45, 7) is 6.10. The van der Waals surface area contributed by atoms with Gasteiger partial charge in [0.2, 0.25) is 0 Å². The Kier molecular flexibility index (Phi) is 6.51. The van der Waals surface area contributed by atoms with E-state index < -0.39 is 17.3 Å². The van der Waals surface area contributed by atoms with Crippen molar-refractivity contribution in [3.63, 3.8) is 0 Å². The summed E-state index contributed by atoms with van der Waals surface area (Å²) in [5, 5.41) is 10.00. The van der Waals surface area contributed by atoms with E-state index in [1.807, 2.05) is 50.2 Å². The van der Waals surface area contributed by atoms with E-state index in [-0.39, 0.29) is 0 Å². The summed E-state index contributed by atoms with van der Waals surface area (Å²) in [4.78, 5) is 12.8. The Labute approximate surface area is 153 Å². The Morgan fingerprint density at radius 3 is 2.36 bits per heavy atom. The second-order valence-electron chi connectivity index (χ2n) is 6.08. The zero-order valence-electron chi connectivity index (χ0n) is 15.1. The Balaban J connectivity index is 2.40. The van der Waals surface area contributed by atoms with Crippen molar-refractivity contribution >= 4 is 23.4 Å². The predicted octanol–water partition coefficient (Wildman–Crippen LogP) is 3.82. The molecule has 2 rings (SSSR count). The van der Waals surface area contributed by atoms with Gasteiger partial charge in [0.1, 0.15) is 0 Å². The summed E-state index contributed by atoms with van der Waals surface area (Å²) >= 11 is 1.38. The number of aliphatic hydroxyl groups excluding tert-OH is 1. The zero-order valence-corrected chi connectivity index (χ0v) is 15.9. The normalized spacial score (nSPS) is 13.3. The highest BCUT2D eigenvalue weighted by Crippen LogP contribution is 2.41. The number of nitrogens with two attached hydrogens (primary N) is 1. The van der Waals surface area contributed by atoms with Crippen molar-refractivity contribution in [3.05, 3.63) is 58.7 Å². The fourth-order valence-electron chi connectivity index (χ4n) is 2.55. The Hall–Kier alpha value is -1.98. The van der Waals surface area contributed by atoms with E-state index in [1.165, 1.54) is 24.4 Å². The average Bonchev–Trinajstić information content (AvgIpc) is 2.62. The number of aryl methyl sites for hydroxylation is 3. The van der Waals surface area contributed by atoms with Crippen molar-refractivity contribution in [2.45, 2.75) is 43.4 Å². The van der Waals surface area contributed by atoms with Crippen LogP contribution < -0.4 is 5.73 Å². The van der Waals surface area contributed by atoms with E-state index >= 15 is 0 Å².